The summed E-state index contributed by atoms with van der Waals surface area (Å²) < 4.78 is 12.9. The van der Waals surface area contributed by atoms with Gasteiger partial charge >= 0.3 is 0 Å². The Morgan fingerprint density at radius 1 is 1.29 bits per heavy atom. The van der Waals surface area contributed by atoms with Gasteiger partial charge in [0.2, 0.25) is 0 Å². The standard InChI is InChI=1S/C19H21FN2OS/c1-14(23)10-19-21-12-18(24-19)13-22-8-6-16(7-9-22)11-15-2-4-17(20)5-3-15/h2-5,11-12H,6-10,13H2,1H3. The lowest BCUT2D eigenvalue weighted by Crippen LogP contribution is -2.29. The van der Waals surface area contributed by atoms with Gasteiger partial charge in [0.05, 0.1) is 6.42 Å². The van der Waals surface area contributed by atoms with Crippen molar-refractivity contribution in [2.75, 3.05) is 13.1 Å². The van der Waals surface area contributed by atoms with Crippen molar-refractivity contribution in [2.24, 2.45) is 0 Å². The Morgan fingerprint density at radius 3 is 2.67 bits per heavy atom. The smallest absolute Gasteiger partial charge is 0.136 e. The molecule has 0 aliphatic carbocycles. The van der Waals surface area contributed by atoms with E-state index < -0.39 is 0 Å². The first kappa shape index (κ1) is 17.0. The van der Waals surface area contributed by atoms with E-state index in [9.17, 15) is 9.18 Å². The van der Waals surface area contributed by atoms with Crippen LogP contribution in [0.5, 0.6) is 0 Å². The lowest BCUT2D eigenvalue weighted by molar-refractivity contribution is -0.116. The molecule has 2 aromatic rings. The second-order valence-electron chi connectivity index (χ2n) is 6.23. The van der Waals surface area contributed by atoms with E-state index >= 15 is 0 Å². The van der Waals surface area contributed by atoms with Crippen molar-refractivity contribution in [3.63, 3.8) is 0 Å². The molecule has 1 saturated heterocycles. The number of hydrogen-bond acceptors (Lipinski definition) is 4. The summed E-state index contributed by atoms with van der Waals surface area (Å²) in [6, 6.07) is 6.65. The van der Waals surface area contributed by atoms with Gasteiger partial charge in [0.1, 0.15) is 16.6 Å². The summed E-state index contributed by atoms with van der Waals surface area (Å²) >= 11 is 1.64. The maximum absolute atomic E-state index is 12.9. The van der Waals surface area contributed by atoms with Crippen molar-refractivity contribution in [2.45, 2.75) is 32.7 Å². The van der Waals surface area contributed by atoms with Gasteiger partial charge in [-0.05, 0) is 37.5 Å². The van der Waals surface area contributed by atoms with Crippen molar-refractivity contribution in [1.29, 1.82) is 0 Å². The quantitative estimate of drug-likeness (QED) is 0.819. The molecule has 0 bridgehead atoms. The zero-order valence-electron chi connectivity index (χ0n) is 13.8. The molecular weight excluding hydrogens is 323 g/mol. The highest BCUT2D eigenvalue weighted by Crippen LogP contribution is 2.23. The van der Waals surface area contributed by atoms with Crippen LogP contribution in [0.4, 0.5) is 4.39 Å². The molecule has 0 radical (unpaired) electrons. The number of aromatic nitrogens is 1. The number of halogens is 1. The highest BCUT2D eigenvalue weighted by molar-refractivity contribution is 7.11. The Labute approximate surface area is 145 Å². The average Bonchev–Trinajstić information content (AvgIpc) is 2.98. The number of carbonyl (C=O) groups excluding carboxylic acids is 1. The number of rotatable bonds is 5. The van der Waals surface area contributed by atoms with Crippen LogP contribution in [-0.4, -0.2) is 28.8 Å². The monoisotopic (exact) mass is 344 g/mol. The lowest BCUT2D eigenvalue weighted by atomic mass is 10.0. The molecule has 126 valence electrons. The third-order valence-corrected chi connectivity index (χ3v) is 5.10. The number of ketones is 1. The molecule has 1 fully saturated rings. The van der Waals surface area contributed by atoms with Crippen molar-refractivity contribution in [3.05, 3.63) is 57.3 Å². The van der Waals surface area contributed by atoms with Crippen LogP contribution in [0.3, 0.4) is 0 Å². The number of hydrogen-bond donors (Lipinski definition) is 0. The van der Waals surface area contributed by atoms with E-state index in [1.54, 1.807) is 18.3 Å². The van der Waals surface area contributed by atoms with Gasteiger partial charge in [0.15, 0.2) is 0 Å². The summed E-state index contributed by atoms with van der Waals surface area (Å²) in [5.74, 6) is -0.0369. The van der Waals surface area contributed by atoms with Crippen LogP contribution in [0, 0.1) is 5.82 Å². The highest BCUT2D eigenvalue weighted by atomic mass is 32.1. The zero-order valence-corrected chi connectivity index (χ0v) is 14.6. The van der Waals surface area contributed by atoms with E-state index in [1.807, 2.05) is 18.3 Å². The normalized spacial score (nSPS) is 15.5. The number of piperidine rings is 1. The molecule has 3 nitrogen and oxygen atoms in total. The topological polar surface area (TPSA) is 33.2 Å². The average molecular weight is 344 g/mol. The fraction of sp³-hybridized carbons (Fsp3) is 0.368. The van der Waals surface area contributed by atoms with Gasteiger partial charge in [-0.2, -0.15) is 0 Å². The first-order chi connectivity index (χ1) is 11.6. The van der Waals surface area contributed by atoms with Crippen LogP contribution < -0.4 is 0 Å². The van der Waals surface area contributed by atoms with E-state index in [-0.39, 0.29) is 11.6 Å². The van der Waals surface area contributed by atoms with E-state index in [1.165, 1.54) is 22.6 Å². The Bertz CT molecular complexity index is 726. The molecule has 0 saturated carbocycles. The van der Waals surface area contributed by atoms with E-state index in [0.29, 0.717) is 6.42 Å². The second kappa shape index (κ2) is 7.81. The van der Waals surface area contributed by atoms with Crippen LogP contribution in [-0.2, 0) is 17.8 Å². The number of thiazole rings is 1. The van der Waals surface area contributed by atoms with E-state index in [0.717, 1.165) is 43.0 Å². The molecule has 1 aromatic carbocycles. The number of benzene rings is 1. The molecule has 1 aromatic heterocycles. The van der Waals surface area contributed by atoms with Gasteiger partial charge in [-0.15, -0.1) is 11.3 Å². The number of likely N-dealkylation sites (tertiary alicyclic amines) is 1. The van der Waals surface area contributed by atoms with Gasteiger partial charge in [0, 0.05) is 30.7 Å². The summed E-state index contributed by atoms with van der Waals surface area (Å²) in [5, 5.41) is 0.909. The molecule has 5 heteroatoms. The predicted molar refractivity (Wildman–Crippen MR) is 95.4 cm³/mol. The Balaban J connectivity index is 1.52. The summed E-state index contributed by atoms with van der Waals surface area (Å²) in [6.45, 7) is 4.54. The van der Waals surface area contributed by atoms with Crippen LogP contribution in [0.1, 0.15) is 35.2 Å². The molecule has 0 amide bonds. The summed E-state index contributed by atoms with van der Waals surface area (Å²) in [4.78, 5) is 19.1. The first-order valence-corrected chi connectivity index (χ1v) is 9.00. The lowest BCUT2D eigenvalue weighted by Gasteiger charge is -2.27. The van der Waals surface area contributed by atoms with E-state index in [4.69, 9.17) is 0 Å². The van der Waals surface area contributed by atoms with Crippen LogP contribution in [0.2, 0.25) is 0 Å². The van der Waals surface area contributed by atoms with Crippen molar-refractivity contribution in [1.82, 2.24) is 9.88 Å². The maximum atomic E-state index is 12.9. The molecule has 3 rings (SSSR count). The van der Waals surface area contributed by atoms with Gasteiger partial charge in [-0.25, -0.2) is 9.37 Å². The Kier molecular flexibility index (Phi) is 5.53. The van der Waals surface area contributed by atoms with Gasteiger partial charge in [-0.1, -0.05) is 23.8 Å². The summed E-state index contributed by atoms with van der Waals surface area (Å²) in [7, 11) is 0. The SMILES string of the molecule is CC(=O)Cc1ncc(CN2CCC(=Cc3ccc(F)cc3)CC2)s1. The number of carbonyl (C=O) groups is 1. The first-order valence-electron chi connectivity index (χ1n) is 8.19. The summed E-state index contributed by atoms with van der Waals surface area (Å²) in [5.41, 5.74) is 2.48. The third-order valence-electron chi connectivity index (χ3n) is 4.12. The predicted octanol–water partition coefficient (Wildman–Crippen LogP) is 4.09. The molecule has 1 aliphatic heterocycles. The minimum Gasteiger partial charge on any atom is -0.300 e. The molecule has 0 atom stereocenters. The fourth-order valence-corrected chi connectivity index (χ4v) is 3.91. The summed E-state index contributed by atoms with van der Waals surface area (Å²) in [6.07, 6.45) is 6.59. The Hall–Kier alpha value is -1.85. The van der Waals surface area contributed by atoms with Crippen molar-refractivity contribution >= 4 is 23.2 Å². The highest BCUT2D eigenvalue weighted by Gasteiger charge is 2.15. The zero-order chi connectivity index (χ0) is 16.9. The molecule has 0 N–H and O–H groups in total. The van der Waals surface area contributed by atoms with Crippen LogP contribution in [0.15, 0.2) is 36.0 Å². The molecular formula is C19H21FN2OS. The molecule has 1 aliphatic rings. The molecule has 24 heavy (non-hydrogen) atoms. The number of Topliss-reactive ketones (excluding diaryl/α,β-unsaturated/α-hetero) is 1. The number of nitrogens with zero attached hydrogens (tertiary/aromatic N) is 2. The third kappa shape index (κ3) is 4.82. The van der Waals surface area contributed by atoms with Crippen LogP contribution in [0.25, 0.3) is 6.08 Å². The minimum absolute atomic E-state index is 0.157. The second-order valence-corrected chi connectivity index (χ2v) is 7.43. The van der Waals surface area contributed by atoms with Gasteiger partial charge in [-0.3, -0.25) is 9.69 Å². The maximum Gasteiger partial charge on any atom is 0.136 e. The minimum atomic E-state index is -0.194. The van der Waals surface area contributed by atoms with Gasteiger partial charge < -0.3 is 0 Å². The fourth-order valence-electron chi connectivity index (χ4n) is 2.87. The molecule has 0 unspecified atom stereocenters. The van der Waals surface area contributed by atoms with Crippen molar-refractivity contribution in [3.8, 4) is 0 Å². The molecule has 0 spiro atoms. The van der Waals surface area contributed by atoms with Crippen molar-refractivity contribution < 1.29 is 9.18 Å². The van der Waals surface area contributed by atoms with Gasteiger partial charge in [0.25, 0.3) is 0 Å². The largest absolute Gasteiger partial charge is 0.300 e. The van der Waals surface area contributed by atoms with E-state index in [2.05, 4.69) is 16.0 Å². The Morgan fingerprint density at radius 2 is 2.00 bits per heavy atom. The molecule has 2 heterocycles. The van der Waals surface area contributed by atoms with Crippen LogP contribution >= 0.6 is 11.3 Å².